The Morgan fingerprint density at radius 2 is 2.19 bits per heavy atom. The van der Waals surface area contributed by atoms with Crippen molar-refractivity contribution in [2.24, 2.45) is 0 Å². The molecular formula is C14H21NO. The Morgan fingerprint density at radius 1 is 1.38 bits per heavy atom. The first kappa shape index (κ1) is 12.8. The van der Waals surface area contributed by atoms with Crippen LogP contribution in [0.15, 0.2) is 30.4 Å². The molecule has 0 saturated heterocycles. The molecule has 0 heterocycles. The lowest BCUT2D eigenvalue weighted by Gasteiger charge is -2.08. The molecule has 2 heteroatoms. The lowest BCUT2D eigenvalue weighted by molar-refractivity contribution is 0.411. The van der Waals surface area contributed by atoms with Crippen molar-refractivity contribution in [3.8, 4) is 5.75 Å². The zero-order valence-corrected chi connectivity index (χ0v) is 10.4. The van der Waals surface area contributed by atoms with Gasteiger partial charge in [-0.15, -0.1) is 0 Å². The first-order chi connectivity index (χ1) is 7.77. The van der Waals surface area contributed by atoms with Crippen molar-refractivity contribution in [2.75, 3.05) is 13.7 Å². The van der Waals surface area contributed by atoms with Crippen LogP contribution in [0.2, 0.25) is 0 Å². The van der Waals surface area contributed by atoms with E-state index in [-0.39, 0.29) is 0 Å². The molecule has 88 valence electrons. The molecule has 0 aromatic heterocycles. The maximum atomic E-state index is 5.23. The van der Waals surface area contributed by atoms with Gasteiger partial charge in [0, 0.05) is 6.54 Å². The molecule has 0 bridgehead atoms. The molecule has 1 rings (SSSR count). The third-order valence-electron chi connectivity index (χ3n) is 2.51. The molecule has 1 N–H and O–H groups in total. The van der Waals surface area contributed by atoms with Crippen LogP contribution in [-0.4, -0.2) is 13.7 Å². The number of benzene rings is 1. The minimum atomic E-state index is 0.919. The van der Waals surface area contributed by atoms with Gasteiger partial charge in [-0.2, -0.15) is 0 Å². The van der Waals surface area contributed by atoms with Crippen LogP contribution in [0.1, 0.15) is 24.5 Å². The summed E-state index contributed by atoms with van der Waals surface area (Å²) in [5.41, 5.74) is 2.49. The van der Waals surface area contributed by atoms with Crippen molar-refractivity contribution >= 4 is 0 Å². The molecule has 0 unspecified atom stereocenters. The molecule has 0 aliphatic carbocycles. The third kappa shape index (κ3) is 4.07. The van der Waals surface area contributed by atoms with E-state index in [0.717, 1.165) is 25.3 Å². The number of methoxy groups -OCH3 is 1. The van der Waals surface area contributed by atoms with Gasteiger partial charge in [-0.05, 0) is 44.0 Å². The molecule has 16 heavy (non-hydrogen) atoms. The fourth-order valence-corrected chi connectivity index (χ4v) is 1.64. The first-order valence-corrected chi connectivity index (χ1v) is 5.73. The summed E-state index contributed by atoms with van der Waals surface area (Å²) in [5, 5.41) is 3.41. The van der Waals surface area contributed by atoms with E-state index in [1.165, 1.54) is 11.1 Å². The lowest BCUT2D eigenvalue weighted by atomic mass is 10.1. The van der Waals surface area contributed by atoms with Gasteiger partial charge in [-0.1, -0.05) is 24.3 Å². The van der Waals surface area contributed by atoms with E-state index >= 15 is 0 Å². The molecule has 0 fully saturated rings. The standard InChI is InChI=1S/C14H21NO/c1-4-5-6-9-15-11-13-7-8-14(16-3)12(2)10-13/h4-5,7-8,10,15H,6,9,11H2,1-3H3/b5-4+. The summed E-state index contributed by atoms with van der Waals surface area (Å²) in [5.74, 6) is 0.956. The second-order valence-corrected chi connectivity index (χ2v) is 3.84. The number of aryl methyl sites for hydroxylation is 1. The zero-order valence-electron chi connectivity index (χ0n) is 10.4. The average molecular weight is 219 g/mol. The van der Waals surface area contributed by atoms with Gasteiger partial charge in [-0.25, -0.2) is 0 Å². The van der Waals surface area contributed by atoms with Gasteiger partial charge in [0.2, 0.25) is 0 Å². The zero-order chi connectivity index (χ0) is 11.8. The van der Waals surface area contributed by atoms with Crippen molar-refractivity contribution in [3.05, 3.63) is 41.5 Å². The summed E-state index contributed by atoms with van der Waals surface area (Å²) in [7, 11) is 1.71. The molecule has 0 aliphatic rings. The van der Waals surface area contributed by atoms with Crippen LogP contribution in [0.5, 0.6) is 5.75 Å². The molecule has 0 aliphatic heterocycles. The maximum Gasteiger partial charge on any atom is 0.121 e. The van der Waals surface area contributed by atoms with E-state index in [0.29, 0.717) is 0 Å². The van der Waals surface area contributed by atoms with Crippen LogP contribution in [0.3, 0.4) is 0 Å². The van der Waals surface area contributed by atoms with Crippen LogP contribution in [0, 0.1) is 6.92 Å². The minimum absolute atomic E-state index is 0.919. The van der Waals surface area contributed by atoms with E-state index in [1.807, 2.05) is 13.0 Å². The number of hydrogen-bond donors (Lipinski definition) is 1. The number of rotatable bonds is 6. The molecule has 2 nitrogen and oxygen atoms in total. The molecule has 0 radical (unpaired) electrons. The highest BCUT2D eigenvalue weighted by molar-refractivity contribution is 5.36. The van der Waals surface area contributed by atoms with Crippen molar-refractivity contribution in [3.63, 3.8) is 0 Å². The van der Waals surface area contributed by atoms with Gasteiger partial charge in [0.1, 0.15) is 5.75 Å². The normalized spacial score (nSPS) is 10.9. The van der Waals surface area contributed by atoms with E-state index < -0.39 is 0 Å². The number of allylic oxidation sites excluding steroid dienone is 1. The molecule has 0 spiro atoms. The van der Waals surface area contributed by atoms with Crippen molar-refractivity contribution in [1.82, 2.24) is 5.32 Å². The average Bonchev–Trinajstić information content (AvgIpc) is 2.29. The van der Waals surface area contributed by atoms with Crippen LogP contribution in [-0.2, 0) is 6.54 Å². The van der Waals surface area contributed by atoms with E-state index in [9.17, 15) is 0 Å². The molecule has 0 atom stereocenters. The van der Waals surface area contributed by atoms with Gasteiger partial charge in [0.15, 0.2) is 0 Å². The highest BCUT2D eigenvalue weighted by Gasteiger charge is 1.99. The van der Waals surface area contributed by atoms with E-state index in [2.05, 4.69) is 36.5 Å². The Bertz CT molecular complexity index is 345. The fraction of sp³-hybridized carbons (Fsp3) is 0.429. The third-order valence-corrected chi connectivity index (χ3v) is 2.51. The van der Waals surface area contributed by atoms with Crippen molar-refractivity contribution in [2.45, 2.75) is 26.8 Å². The topological polar surface area (TPSA) is 21.3 Å². The van der Waals surface area contributed by atoms with Gasteiger partial charge in [-0.3, -0.25) is 0 Å². The van der Waals surface area contributed by atoms with Gasteiger partial charge >= 0.3 is 0 Å². The Hall–Kier alpha value is -1.28. The van der Waals surface area contributed by atoms with E-state index in [4.69, 9.17) is 4.74 Å². The largest absolute Gasteiger partial charge is 0.496 e. The molecular weight excluding hydrogens is 198 g/mol. The van der Waals surface area contributed by atoms with Crippen LogP contribution >= 0.6 is 0 Å². The second-order valence-electron chi connectivity index (χ2n) is 3.84. The molecule has 1 aromatic rings. The fourth-order valence-electron chi connectivity index (χ4n) is 1.64. The summed E-state index contributed by atoms with van der Waals surface area (Å²) in [6.45, 7) is 6.06. The SMILES string of the molecule is C/C=C/CCNCc1ccc(OC)c(C)c1. The van der Waals surface area contributed by atoms with E-state index in [1.54, 1.807) is 7.11 Å². The summed E-state index contributed by atoms with van der Waals surface area (Å²) < 4.78 is 5.23. The predicted molar refractivity (Wildman–Crippen MR) is 68.9 cm³/mol. The first-order valence-electron chi connectivity index (χ1n) is 5.73. The number of hydrogen-bond acceptors (Lipinski definition) is 2. The van der Waals surface area contributed by atoms with Crippen LogP contribution < -0.4 is 10.1 Å². The summed E-state index contributed by atoms with van der Waals surface area (Å²) >= 11 is 0. The predicted octanol–water partition coefficient (Wildman–Crippen LogP) is 3.06. The second kappa shape index (κ2) is 7.07. The van der Waals surface area contributed by atoms with Gasteiger partial charge < -0.3 is 10.1 Å². The van der Waals surface area contributed by atoms with Crippen molar-refractivity contribution in [1.29, 1.82) is 0 Å². The lowest BCUT2D eigenvalue weighted by Crippen LogP contribution is -2.14. The summed E-state index contributed by atoms with van der Waals surface area (Å²) in [4.78, 5) is 0. The van der Waals surface area contributed by atoms with Gasteiger partial charge in [0.05, 0.1) is 7.11 Å². The van der Waals surface area contributed by atoms with Crippen LogP contribution in [0.25, 0.3) is 0 Å². The number of ether oxygens (including phenoxy) is 1. The van der Waals surface area contributed by atoms with Gasteiger partial charge in [0.25, 0.3) is 0 Å². The highest BCUT2D eigenvalue weighted by Crippen LogP contribution is 2.18. The molecule has 0 amide bonds. The highest BCUT2D eigenvalue weighted by atomic mass is 16.5. The smallest absolute Gasteiger partial charge is 0.121 e. The van der Waals surface area contributed by atoms with Crippen LogP contribution in [0.4, 0.5) is 0 Å². The number of nitrogens with one attached hydrogen (secondary N) is 1. The minimum Gasteiger partial charge on any atom is -0.496 e. The summed E-state index contributed by atoms with van der Waals surface area (Å²) in [6.07, 6.45) is 5.34. The Labute approximate surface area is 98.3 Å². The Balaban J connectivity index is 2.40. The van der Waals surface area contributed by atoms with Crippen molar-refractivity contribution < 1.29 is 4.74 Å². The summed E-state index contributed by atoms with van der Waals surface area (Å²) in [6, 6.07) is 6.30. The Morgan fingerprint density at radius 3 is 2.81 bits per heavy atom. The Kier molecular flexibility index (Phi) is 5.65. The maximum absolute atomic E-state index is 5.23. The monoisotopic (exact) mass is 219 g/mol. The molecule has 0 saturated carbocycles. The quantitative estimate of drug-likeness (QED) is 0.586. The molecule has 1 aromatic carbocycles.